The Bertz CT molecular complexity index is 369. The summed E-state index contributed by atoms with van der Waals surface area (Å²) >= 11 is 3.61. The quantitative estimate of drug-likeness (QED) is 0.922. The van der Waals surface area contributed by atoms with Gasteiger partial charge in [-0.05, 0) is 44.9 Å². The number of benzene rings is 1. The Balaban J connectivity index is 2.03. The summed E-state index contributed by atoms with van der Waals surface area (Å²) < 4.78 is 7.13. The maximum atomic E-state index is 5.95. The second-order valence-corrected chi connectivity index (χ2v) is 5.61. The van der Waals surface area contributed by atoms with Gasteiger partial charge in [0.15, 0.2) is 0 Å². The smallest absolute Gasteiger partial charge is 0.0735 e. The molecule has 1 aromatic carbocycles. The molecule has 0 bridgehead atoms. The van der Waals surface area contributed by atoms with E-state index in [1.165, 1.54) is 16.5 Å². The van der Waals surface area contributed by atoms with Crippen molar-refractivity contribution < 1.29 is 4.74 Å². The van der Waals surface area contributed by atoms with Crippen molar-refractivity contribution in [3.63, 3.8) is 0 Å². The SMILES string of the molecule is CNC(Cc1ccccc1Br)C1CCC(C)O1. The van der Waals surface area contributed by atoms with Crippen LogP contribution in [0.2, 0.25) is 0 Å². The molecule has 2 rings (SSSR count). The molecule has 1 heterocycles. The van der Waals surface area contributed by atoms with Crippen molar-refractivity contribution in [1.29, 1.82) is 0 Å². The van der Waals surface area contributed by atoms with E-state index < -0.39 is 0 Å². The zero-order valence-corrected chi connectivity index (χ0v) is 12.0. The molecule has 17 heavy (non-hydrogen) atoms. The molecule has 2 nitrogen and oxygen atoms in total. The first kappa shape index (κ1) is 13.1. The summed E-state index contributed by atoms with van der Waals surface area (Å²) in [5, 5.41) is 3.39. The molecule has 3 atom stereocenters. The molecule has 0 spiro atoms. The summed E-state index contributed by atoms with van der Waals surface area (Å²) in [6, 6.07) is 8.81. The zero-order chi connectivity index (χ0) is 12.3. The molecule has 3 unspecified atom stereocenters. The molecule has 94 valence electrons. The first-order valence-corrected chi connectivity index (χ1v) is 7.06. The molecule has 0 saturated carbocycles. The standard InChI is InChI=1S/C14H20BrNO/c1-10-7-8-14(17-10)13(16-2)9-11-5-3-4-6-12(11)15/h3-6,10,13-14,16H,7-9H2,1-2H3. The molecule has 1 saturated heterocycles. The molecule has 0 amide bonds. The minimum Gasteiger partial charge on any atom is -0.374 e. The van der Waals surface area contributed by atoms with Crippen LogP contribution in [0.5, 0.6) is 0 Å². The van der Waals surface area contributed by atoms with E-state index in [0.29, 0.717) is 18.2 Å². The molecule has 1 aliphatic heterocycles. The summed E-state index contributed by atoms with van der Waals surface area (Å²) in [5.41, 5.74) is 1.34. The van der Waals surface area contributed by atoms with Gasteiger partial charge in [0.25, 0.3) is 0 Å². The van der Waals surface area contributed by atoms with E-state index in [-0.39, 0.29) is 0 Å². The fraction of sp³-hybridized carbons (Fsp3) is 0.571. The number of likely N-dealkylation sites (N-methyl/N-ethyl adjacent to an activating group) is 1. The second kappa shape index (κ2) is 5.98. The van der Waals surface area contributed by atoms with E-state index in [9.17, 15) is 0 Å². The van der Waals surface area contributed by atoms with Gasteiger partial charge < -0.3 is 10.1 Å². The highest BCUT2D eigenvalue weighted by Crippen LogP contribution is 2.25. The Morgan fingerprint density at radius 3 is 2.76 bits per heavy atom. The third-order valence-electron chi connectivity index (χ3n) is 3.48. The van der Waals surface area contributed by atoms with E-state index >= 15 is 0 Å². The summed E-state index contributed by atoms with van der Waals surface area (Å²) in [5.74, 6) is 0. The predicted octanol–water partition coefficient (Wildman–Crippen LogP) is 3.15. The predicted molar refractivity (Wildman–Crippen MR) is 74.3 cm³/mol. The normalized spacial score (nSPS) is 26.1. The lowest BCUT2D eigenvalue weighted by Gasteiger charge is -2.23. The van der Waals surface area contributed by atoms with Crippen molar-refractivity contribution >= 4 is 15.9 Å². The molecule has 0 aliphatic carbocycles. The van der Waals surface area contributed by atoms with Crippen LogP contribution in [0.4, 0.5) is 0 Å². The van der Waals surface area contributed by atoms with Crippen LogP contribution < -0.4 is 5.32 Å². The Labute approximate surface area is 112 Å². The average molecular weight is 298 g/mol. The number of halogens is 1. The van der Waals surface area contributed by atoms with Crippen LogP contribution in [0.3, 0.4) is 0 Å². The molecule has 1 aromatic rings. The third-order valence-corrected chi connectivity index (χ3v) is 4.26. The van der Waals surface area contributed by atoms with Crippen LogP contribution >= 0.6 is 15.9 Å². The van der Waals surface area contributed by atoms with Crippen molar-refractivity contribution in [3.8, 4) is 0 Å². The third kappa shape index (κ3) is 3.30. The highest BCUT2D eigenvalue weighted by Gasteiger charge is 2.28. The van der Waals surface area contributed by atoms with Crippen LogP contribution in [0.15, 0.2) is 28.7 Å². The van der Waals surface area contributed by atoms with Crippen LogP contribution in [-0.4, -0.2) is 25.3 Å². The minimum absolute atomic E-state index is 0.349. The minimum atomic E-state index is 0.349. The van der Waals surface area contributed by atoms with Crippen LogP contribution in [-0.2, 0) is 11.2 Å². The molecular weight excluding hydrogens is 278 g/mol. The first-order chi connectivity index (χ1) is 8.20. The van der Waals surface area contributed by atoms with Crippen molar-refractivity contribution in [2.45, 2.75) is 44.4 Å². The van der Waals surface area contributed by atoms with Crippen molar-refractivity contribution in [2.24, 2.45) is 0 Å². The van der Waals surface area contributed by atoms with E-state index in [2.05, 4.69) is 52.4 Å². The number of rotatable bonds is 4. The van der Waals surface area contributed by atoms with Crippen molar-refractivity contribution in [2.75, 3.05) is 7.05 Å². The fourth-order valence-electron chi connectivity index (χ4n) is 2.45. The Kier molecular flexibility index (Phi) is 4.60. The van der Waals surface area contributed by atoms with E-state index in [1.807, 2.05) is 7.05 Å². The van der Waals surface area contributed by atoms with Gasteiger partial charge in [0.05, 0.1) is 12.2 Å². The van der Waals surface area contributed by atoms with Gasteiger partial charge >= 0.3 is 0 Å². The summed E-state index contributed by atoms with van der Waals surface area (Å²) in [6.45, 7) is 2.16. The Morgan fingerprint density at radius 2 is 2.18 bits per heavy atom. The first-order valence-electron chi connectivity index (χ1n) is 6.27. The largest absolute Gasteiger partial charge is 0.374 e. The van der Waals surface area contributed by atoms with Crippen LogP contribution in [0, 0.1) is 0 Å². The maximum absolute atomic E-state index is 5.95. The highest BCUT2D eigenvalue weighted by atomic mass is 79.9. The van der Waals surface area contributed by atoms with Crippen LogP contribution in [0.1, 0.15) is 25.3 Å². The van der Waals surface area contributed by atoms with Gasteiger partial charge in [0.1, 0.15) is 0 Å². The molecule has 0 aromatic heterocycles. The highest BCUT2D eigenvalue weighted by molar-refractivity contribution is 9.10. The Morgan fingerprint density at radius 1 is 1.41 bits per heavy atom. The summed E-state index contributed by atoms with van der Waals surface area (Å²) in [4.78, 5) is 0. The number of ether oxygens (including phenoxy) is 1. The summed E-state index contributed by atoms with van der Waals surface area (Å²) in [7, 11) is 2.02. The maximum Gasteiger partial charge on any atom is 0.0735 e. The van der Waals surface area contributed by atoms with Crippen LogP contribution in [0.25, 0.3) is 0 Å². The molecule has 0 radical (unpaired) electrons. The lowest BCUT2D eigenvalue weighted by Crippen LogP contribution is -2.39. The molecule has 1 aliphatic rings. The van der Waals surface area contributed by atoms with Gasteiger partial charge in [-0.25, -0.2) is 0 Å². The van der Waals surface area contributed by atoms with Gasteiger partial charge in [-0.3, -0.25) is 0 Å². The van der Waals surface area contributed by atoms with Gasteiger partial charge in [0, 0.05) is 10.5 Å². The lowest BCUT2D eigenvalue weighted by molar-refractivity contribution is 0.0337. The van der Waals surface area contributed by atoms with Crippen molar-refractivity contribution in [3.05, 3.63) is 34.3 Å². The molecule has 1 N–H and O–H groups in total. The van der Waals surface area contributed by atoms with Gasteiger partial charge in [-0.2, -0.15) is 0 Å². The van der Waals surface area contributed by atoms with E-state index in [4.69, 9.17) is 4.74 Å². The average Bonchev–Trinajstić information content (AvgIpc) is 2.75. The number of nitrogens with one attached hydrogen (secondary N) is 1. The second-order valence-electron chi connectivity index (χ2n) is 4.75. The molecule has 3 heteroatoms. The van der Waals surface area contributed by atoms with Gasteiger partial charge in [0.2, 0.25) is 0 Å². The lowest BCUT2D eigenvalue weighted by atomic mass is 9.99. The van der Waals surface area contributed by atoms with E-state index in [1.54, 1.807) is 0 Å². The molecular formula is C14H20BrNO. The summed E-state index contributed by atoms with van der Waals surface area (Å²) in [6.07, 6.45) is 4.11. The zero-order valence-electron chi connectivity index (χ0n) is 10.4. The topological polar surface area (TPSA) is 21.3 Å². The van der Waals surface area contributed by atoms with E-state index in [0.717, 1.165) is 12.8 Å². The number of hydrogen-bond acceptors (Lipinski definition) is 2. The molecule has 1 fully saturated rings. The number of hydrogen-bond donors (Lipinski definition) is 1. The van der Waals surface area contributed by atoms with Crippen molar-refractivity contribution in [1.82, 2.24) is 5.32 Å². The Hall–Kier alpha value is -0.380. The van der Waals surface area contributed by atoms with Gasteiger partial charge in [-0.1, -0.05) is 34.1 Å². The fourth-order valence-corrected chi connectivity index (χ4v) is 2.90. The van der Waals surface area contributed by atoms with Gasteiger partial charge in [-0.15, -0.1) is 0 Å². The monoisotopic (exact) mass is 297 g/mol.